The van der Waals surface area contributed by atoms with Crippen LogP contribution in [0.4, 0.5) is 5.69 Å². The van der Waals surface area contributed by atoms with Gasteiger partial charge in [0.2, 0.25) is 5.90 Å². The van der Waals surface area contributed by atoms with Crippen LogP contribution in [0.25, 0.3) is 10.4 Å². The van der Waals surface area contributed by atoms with E-state index in [1.165, 1.54) is 0 Å². The van der Waals surface area contributed by atoms with Gasteiger partial charge in [0.15, 0.2) is 11.6 Å². The maximum Gasteiger partial charge on any atom is 0.255 e. The van der Waals surface area contributed by atoms with Crippen LogP contribution in [0.1, 0.15) is 48.5 Å². The van der Waals surface area contributed by atoms with Crippen LogP contribution in [-0.2, 0) is 16.0 Å². The van der Waals surface area contributed by atoms with Crippen molar-refractivity contribution < 1.29 is 24.1 Å². The van der Waals surface area contributed by atoms with Crippen molar-refractivity contribution in [3.8, 4) is 11.5 Å². The summed E-state index contributed by atoms with van der Waals surface area (Å²) in [4.78, 5) is 24.7. The second-order valence-electron chi connectivity index (χ2n) is 10.4. The molecule has 1 fully saturated rings. The number of aliphatic hydroxyl groups excluding tert-OH is 1. The molecular formula is C32H35N5O5. The number of ether oxygens (including phenoxy) is 3. The Balaban J connectivity index is 1.63. The first-order valence-corrected chi connectivity index (χ1v) is 14.2. The first-order chi connectivity index (χ1) is 20.6. The first-order valence-electron chi connectivity index (χ1n) is 14.2. The zero-order valence-electron chi connectivity index (χ0n) is 23.7. The molecule has 2 aliphatic heterocycles. The van der Waals surface area contributed by atoms with Gasteiger partial charge < -0.3 is 24.2 Å². The number of azide groups is 1. The number of aliphatic imine (C=N–C) groups is 1. The number of carbonyl (C=O) groups is 1. The molecule has 0 bridgehead atoms. The van der Waals surface area contributed by atoms with E-state index in [2.05, 4.69) is 10.0 Å². The van der Waals surface area contributed by atoms with Crippen molar-refractivity contribution in [1.29, 1.82) is 0 Å². The third-order valence-electron chi connectivity index (χ3n) is 7.65. The molecule has 0 saturated carbocycles. The molecule has 3 aromatic carbocycles. The molecule has 1 N–H and O–H groups in total. The Morgan fingerprint density at radius 2 is 1.88 bits per heavy atom. The van der Waals surface area contributed by atoms with Crippen LogP contribution >= 0.6 is 0 Å². The predicted octanol–water partition coefficient (Wildman–Crippen LogP) is 5.91. The van der Waals surface area contributed by atoms with Gasteiger partial charge in [-0.1, -0.05) is 41.5 Å². The topological polar surface area (TPSA) is 129 Å². The summed E-state index contributed by atoms with van der Waals surface area (Å²) in [6.45, 7) is 1.76. The van der Waals surface area contributed by atoms with Crippen molar-refractivity contribution >= 4 is 17.5 Å². The van der Waals surface area contributed by atoms with E-state index in [1.54, 1.807) is 19.2 Å². The molecule has 42 heavy (non-hydrogen) atoms. The molecule has 2 aliphatic rings. The lowest BCUT2D eigenvalue weighted by atomic mass is 9.80. The predicted molar refractivity (Wildman–Crippen MR) is 159 cm³/mol. The number of nitrogens with zero attached hydrogens (tertiary/aromatic N) is 5. The van der Waals surface area contributed by atoms with Gasteiger partial charge in [-0.3, -0.25) is 4.79 Å². The van der Waals surface area contributed by atoms with Crippen molar-refractivity contribution in [2.45, 2.75) is 43.7 Å². The first kappa shape index (κ1) is 29.0. The van der Waals surface area contributed by atoms with Gasteiger partial charge in [0.1, 0.15) is 11.5 Å². The Morgan fingerprint density at radius 3 is 2.62 bits per heavy atom. The second-order valence-corrected chi connectivity index (χ2v) is 10.4. The average molecular weight is 570 g/mol. The Hall–Kier alpha value is -4.53. The molecular weight excluding hydrogens is 534 g/mol. The molecule has 0 spiro atoms. The summed E-state index contributed by atoms with van der Waals surface area (Å²) < 4.78 is 17.9. The van der Waals surface area contributed by atoms with Crippen LogP contribution in [0, 0.1) is 0 Å². The highest BCUT2D eigenvalue weighted by atomic mass is 16.5. The molecule has 10 nitrogen and oxygen atoms in total. The number of likely N-dealkylation sites (tertiary alicyclic amines) is 1. The maximum absolute atomic E-state index is 14.7. The zero-order chi connectivity index (χ0) is 29.4. The highest BCUT2D eigenvalue weighted by Crippen LogP contribution is 2.45. The molecule has 0 unspecified atom stereocenters. The summed E-state index contributed by atoms with van der Waals surface area (Å²) in [7, 11) is 1.60. The molecule has 1 amide bonds. The number of hydrogen-bond donors (Lipinski definition) is 1. The highest BCUT2D eigenvalue weighted by Gasteiger charge is 2.55. The van der Waals surface area contributed by atoms with Crippen LogP contribution in [0.5, 0.6) is 11.5 Å². The van der Waals surface area contributed by atoms with Gasteiger partial charge in [0.05, 0.1) is 13.7 Å². The molecule has 5 rings (SSSR count). The molecule has 2 atom stereocenters. The summed E-state index contributed by atoms with van der Waals surface area (Å²) in [5.74, 6) is 1.53. The summed E-state index contributed by atoms with van der Waals surface area (Å²) in [6.07, 6.45) is 2.88. The molecule has 2 heterocycles. The summed E-state index contributed by atoms with van der Waals surface area (Å²) in [5.41, 5.74) is 10.5. The lowest BCUT2D eigenvalue weighted by Crippen LogP contribution is -2.53. The lowest BCUT2D eigenvalue weighted by Gasteiger charge is -2.37. The number of aliphatic hydroxyl groups is 1. The van der Waals surface area contributed by atoms with Gasteiger partial charge in [-0.05, 0) is 72.3 Å². The van der Waals surface area contributed by atoms with E-state index in [1.807, 2.05) is 65.6 Å². The van der Waals surface area contributed by atoms with E-state index < -0.39 is 11.6 Å². The number of rotatable bonds is 11. The van der Waals surface area contributed by atoms with Crippen LogP contribution in [0.3, 0.4) is 0 Å². The fourth-order valence-electron chi connectivity index (χ4n) is 5.54. The van der Waals surface area contributed by atoms with Crippen LogP contribution in [-0.4, -0.2) is 60.8 Å². The van der Waals surface area contributed by atoms with Gasteiger partial charge >= 0.3 is 0 Å². The fraction of sp³-hybridized carbons (Fsp3) is 0.375. The SMILES string of the molecule is COc1cccc([C@H]2OC(c3ccc(OCCCO)cc3)=N[C@@]2(Cc2ccccc2N=[N+]=[N-])C(=O)N2CCCCC2)c1. The average Bonchev–Trinajstić information content (AvgIpc) is 3.43. The Kier molecular flexibility index (Phi) is 9.26. The van der Waals surface area contributed by atoms with Gasteiger partial charge in [0.25, 0.3) is 5.91 Å². The van der Waals surface area contributed by atoms with Gasteiger partial charge in [-0.2, -0.15) is 0 Å². The van der Waals surface area contributed by atoms with Gasteiger partial charge in [0, 0.05) is 48.7 Å². The normalized spacial score (nSPS) is 19.8. The largest absolute Gasteiger partial charge is 0.497 e. The fourth-order valence-corrected chi connectivity index (χ4v) is 5.54. The molecule has 0 radical (unpaired) electrons. The summed E-state index contributed by atoms with van der Waals surface area (Å²) in [5, 5.41) is 13.0. The Morgan fingerprint density at radius 1 is 1.10 bits per heavy atom. The maximum atomic E-state index is 14.7. The minimum Gasteiger partial charge on any atom is -0.497 e. The number of amides is 1. The van der Waals surface area contributed by atoms with Crippen LogP contribution in [0.15, 0.2) is 82.9 Å². The summed E-state index contributed by atoms with van der Waals surface area (Å²) >= 11 is 0. The quantitative estimate of drug-likeness (QED) is 0.133. The lowest BCUT2D eigenvalue weighted by molar-refractivity contribution is -0.140. The standard InChI is InChI=1S/C32H35N5O5/c1-40-27-11-7-10-24(21-27)29-32(31(39)37-17-5-2-6-18-37,22-25-9-3-4-12-28(25)35-36-33)34-30(42-29)23-13-15-26(16-14-23)41-20-8-19-38/h3-4,7,9-16,21,29,38H,2,5-6,8,17-20,22H2,1H3/t29-,32-/m1/s1. The van der Waals surface area contributed by atoms with Gasteiger partial charge in [-0.25, -0.2) is 4.99 Å². The summed E-state index contributed by atoms with van der Waals surface area (Å²) in [6, 6.07) is 22.1. The second kappa shape index (κ2) is 13.4. The number of benzene rings is 3. The molecule has 1 saturated heterocycles. The molecule has 218 valence electrons. The number of piperidine rings is 1. The van der Waals surface area contributed by atoms with Crippen molar-refractivity contribution in [3.05, 3.63) is 99.9 Å². The van der Waals surface area contributed by atoms with Crippen molar-refractivity contribution in [1.82, 2.24) is 4.90 Å². The monoisotopic (exact) mass is 569 g/mol. The third kappa shape index (κ3) is 6.20. The highest BCUT2D eigenvalue weighted by molar-refractivity contribution is 6.01. The molecule has 0 aromatic heterocycles. The van der Waals surface area contributed by atoms with Crippen molar-refractivity contribution in [2.75, 3.05) is 33.4 Å². The third-order valence-corrected chi connectivity index (χ3v) is 7.65. The minimum atomic E-state index is -1.36. The van der Waals surface area contributed by atoms with E-state index >= 15 is 0 Å². The minimum absolute atomic E-state index is 0.0598. The van der Waals surface area contributed by atoms with Crippen LogP contribution in [0.2, 0.25) is 0 Å². The number of hydrogen-bond acceptors (Lipinski definition) is 7. The van der Waals surface area contributed by atoms with Gasteiger partial charge in [-0.15, -0.1) is 0 Å². The van der Waals surface area contributed by atoms with E-state index in [0.29, 0.717) is 60.3 Å². The Labute approximate surface area is 245 Å². The smallest absolute Gasteiger partial charge is 0.255 e. The van der Waals surface area contributed by atoms with Crippen LogP contribution < -0.4 is 9.47 Å². The van der Waals surface area contributed by atoms with Crippen molar-refractivity contribution in [2.24, 2.45) is 10.1 Å². The number of carbonyl (C=O) groups excluding carboxylic acids is 1. The van der Waals surface area contributed by atoms with E-state index in [-0.39, 0.29) is 18.9 Å². The molecule has 10 heteroatoms. The zero-order valence-corrected chi connectivity index (χ0v) is 23.7. The van der Waals surface area contributed by atoms with Crippen molar-refractivity contribution in [3.63, 3.8) is 0 Å². The Bertz CT molecular complexity index is 1460. The van der Waals surface area contributed by atoms with E-state index in [9.17, 15) is 10.3 Å². The molecule has 0 aliphatic carbocycles. The van der Waals surface area contributed by atoms with E-state index in [0.717, 1.165) is 24.8 Å². The molecule has 3 aromatic rings. The number of methoxy groups -OCH3 is 1. The van der Waals surface area contributed by atoms with E-state index in [4.69, 9.17) is 24.3 Å².